The van der Waals surface area contributed by atoms with Crippen molar-refractivity contribution in [3.63, 3.8) is 0 Å². The Labute approximate surface area is 126 Å². The zero-order valence-corrected chi connectivity index (χ0v) is 12.9. The molecular formula is C12H18N4O4S. The lowest BCUT2D eigenvalue weighted by Crippen LogP contribution is -2.68. The Hall–Kier alpha value is -1.74. The van der Waals surface area contributed by atoms with Gasteiger partial charge in [0.15, 0.2) is 5.84 Å². The number of β-lactam (4-membered cyclic amide) rings is 1. The summed E-state index contributed by atoms with van der Waals surface area (Å²) in [6, 6.07) is -0.641. The molecule has 2 aliphatic heterocycles. The third kappa shape index (κ3) is 2.58. The first kappa shape index (κ1) is 15.6. The Kier molecular flexibility index (Phi) is 4.43. The molecule has 1 fully saturated rings. The van der Waals surface area contributed by atoms with E-state index in [4.69, 9.17) is 10.6 Å². The molecule has 1 amide bonds. The van der Waals surface area contributed by atoms with Crippen LogP contribution in [0.3, 0.4) is 0 Å². The zero-order valence-electron chi connectivity index (χ0n) is 12.1. The van der Waals surface area contributed by atoms with Crippen LogP contribution >= 0.6 is 11.8 Å². The van der Waals surface area contributed by atoms with E-state index in [-0.39, 0.29) is 17.0 Å². The van der Waals surface area contributed by atoms with Crippen molar-refractivity contribution in [2.45, 2.75) is 18.3 Å². The summed E-state index contributed by atoms with van der Waals surface area (Å²) < 4.78 is 0. The molecule has 0 aromatic heterocycles. The third-order valence-electron chi connectivity index (χ3n) is 3.19. The second-order valence-electron chi connectivity index (χ2n) is 4.79. The smallest absolute Gasteiger partial charge is 0.353 e. The fourth-order valence-electron chi connectivity index (χ4n) is 2.22. The van der Waals surface area contributed by atoms with Crippen molar-refractivity contribution < 1.29 is 19.5 Å². The van der Waals surface area contributed by atoms with Crippen molar-refractivity contribution in [3.05, 3.63) is 11.3 Å². The number of amidine groups is 1. The SMILES string of the molecule is CCO/N=C(/C1=C(C(=O)O)N2C(=O)[C@@H](N)[C@H]2SC1)N(C)C. The molecule has 2 atom stereocenters. The lowest BCUT2D eigenvalue weighted by atomic mass is 10.0. The molecule has 0 aromatic rings. The van der Waals surface area contributed by atoms with Crippen LogP contribution in [-0.4, -0.2) is 70.5 Å². The van der Waals surface area contributed by atoms with Gasteiger partial charge in [-0.3, -0.25) is 9.69 Å². The molecular weight excluding hydrogens is 296 g/mol. The molecule has 116 valence electrons. The number of amides is 1. The Bertz CT molecular complexity index is 531. The number of nitrogens with two attached hydrogens (primary N) is 1. The van der Waals surface area contributed by atoms with E-state index < -0.39 is 12.0 Å². The molecule has 0 spiro atoms. The van der Waals surface area contributed by atoms with Gasteiger partial charge >= 0.3 is 5.97 Å². The van der Waals surface area contributed by atoms with Crippen LogP contribution in [0, 0.1) is 0 Å². The number of carbonyl (C=O) groups is 2. The van der Waals surface area contributed by atoms with Gasteiger partial charge in [0.1, 0.15) is 23.7 Å². The molecule has 0 saturated carbocycles. The van der Waals surface area contributed by atoms with E-state index in [0.29, 0.717) is 23.8 Å². The lowest BCUT2D eigenvalue weighted by Gasteiger charge is -2.48. The van der Waals surface area contributed by atoms with E-state index in [1.54, 1.807) is 25.9 Å². The number of carboxylic acids is 1. The van der Waals surface area contributed by atoms with E-state index in [2.05, 4.69) is 5.16 Å². The van der Waals surface area contributed by atoms with Crippen molar-refractivity contribution in [1.82, 2.24) is 9.80 Å². The number of hydrogen-bond donors (Lipinski definition) is 2. The van der Waals surface area contributed by atoms with Gasteiger partial charge in [-0.25, -0.2) is 4.79 Å². The summed E-state index contributed by atoms with van der Waals surface area (Å²) in [5, 5.41) is 13.1. The molecule has 21 heavy (non-hydrogen) atoms. The van der Waals surface area contributed by atoms with E-state index in [0.717, 1.165) is 0 Å². The van der Waals surface area contributed by atoms with Gasteiger partial charge in [-0.15, -0.1) is 11.8 Å². The summed E-state index contributed by atoms with van der Waals surface area (Å²) >= 11 is 1.43. The van der Waals surface area contributed by atoms with Crippen LogP contribution in [0.1, 0.15) is 6.92 Å². The van der Waals surface area contributed by atoms with Crippen LogP contribution in [0.2, 0.25) is 0 Å². The number of carbonyl (C=O) groups excluding carboxylic acids is 1. The predicted molar refractivity (Wildman–Crippen MR) is 78.5 cm³/mol. The van der Waals surface area contributed by atoms with Crippen molar-refractivity contribution in [3.8, 4) is 0 Å². The van der Waals surface area contributed by atoms with Gasteiger partial charge in [0.25, 0.3) is 0 Å². The highest BCUT2D eigenvalue weighted by Gasteiger charge is 2.52. The fourth-order valence-corrected chi connectivity index (χ4v) is 3.50. The first-order chi connectivity index (χ1) is 9.90. The number of likely N-dealkylation sites (N-methyl/N-ethyl adjacent to an activating group) is 1. The van der Waals surface area contributed by atoms with Crippen LogP contribution < -0.4 is 5.73 Å². The van der Waals surface area contributed by atoms with Gasteiger partial charge in [-0.2, -0.15) is 0 Å². The molecule has 0 radical (unpaired) electrons. The standard InChI is InChI=1S/C12H18N4O4S/c1-4-20-14-9(15(2)3)6-5-21-11-7(13)10(17)16(11)8(6)12(18)19/h7,11H,4-5,13H2,1-3H3,(H,18,19)/b14-9-/t7-,11-/m1/s1. The third-order valence-corrected chi connectivity index (χ3v) is 4.49. The number of carboxylic acid groups (broad SMARTS) is 1. The average Bonchev–Trinajstić information content (AvgIpc) is 2.45. The molecule has 0 unspecified atom stereocenters. The molecule has 0 aromatic carbocycles. The number of thioether (sulfide) groups is 1. The van der Waals surface area contributed by atoms with Crippen molar-refractivity contribution >= 4 is 29.5 Å². The van der Waals surface area contributed by atoms with E-state index in [1.807, 2.05) is 0 Å². The first-order valence-corrected chi connectivity index (χ1v) is 7.49. The molecule has 8 nitrogen and oxygen atoms in total. The Morgan fingerprint density at radius 3 is 2.81 bits per heavy atom. The molecule has 2 heterocycles. The number of nitrogens with zero attached hydrogens (tertiary/aromatic N) is 3. The Morgan fingerprint density at radius 1 is 1.62 bits per heavy atom. The second-order valence-corrected chi connectivity index (χ2v) is 5.90. The molecule has 9 heteroatoms. The fraction of sp³-hybridized carbons (Fsp3) is 0.583. The summed E-state index contributed by atoms with van der Waals surface area (Å²) in [5.41, 5.74) is 6.11. The zero-order chi connectivity index (χ0) is 15.7. The first-order valence-electron chi connectivity index (χ1n) is 6.44. The van der Waals surface area contributed by atoms with Gasteiger partial charge in [-0.1, -0.05) is 5.16 Å². The molecule has 3 N–H and O–H groups in total. The molecule has 2 rings (SSSR count). The second kappa shape index (κ2) is 5.94. The largest absolute Gasteiger partial charge is 0.477 e. The topological polar surface area (TPSA) is 108 Å². The summed E-state index contributed by atoms with van der Waals surface area (Å²) in [7, 11) is 3.48. The maximum absolute atomic E-state index is 11.9. The van der Waals surface area contributed by atoms with Crippen LogP contribution in [0.25, 0.3) is 0 Å². The van der Waals surface area contributed by atoms with Crippen LogP contribution in [0.15, 0.2) is 16.4 Å². The van der Waals surface area contributed by atoms with Crippen molar-refractivity contribution in [2.24, 2.45) is 10.9 Å². The van der Waals surface area contributed by atoms with E-state index in [9.17, 15) is 14.7 Å². The minimum atomic E-state index is -1.17. The van der Waals surface area contributed by atoms with E-state index in [1.165, 1.54) is 16.7 Å². The van der Waals surface area contributed by atoms with Crippen LogP contribution in [-0.2, 0) is 14.4 Å². The van der Waals surface area contributed by atoms with Gasteiger partial charge < -0.3 is 20.6 Å². The van der Waals surface area contributed by atoms with Gasteiger partial charge in [0, 0.05) is 25.4 Å². The van der Waals surface area contributed by atoms with Crippen LogP contribution in [0.4, 0.5) is 0 Å². The number of rotatable bonds is 4. The Balaban J connectivity index is 2.47. The van der Waals surface area contributed by atoms with Gasteiger partial charge in [0.05, 0.1) is 0 Å². The quantitative estimate of drug-likeness (QED) is 0.311. The van der Waals surface area contributed by atoms with Crippen molar-refractivity contribution in [1.29, 1.82) is 0 Å². The summed E-state index contributed by atoms with van der Waals surface area (Å²) in [5.74, 6) is -0.736. The molecule has 0 bridgehead atoms. The lowest BCUT2D eigenvalue weighted by molar-refractivity contribution is -0.147. The van der Waals surface area contributed by atoms with E-state index >= 15 is 0 Å². The normalized spacial score (nSPS) is 25.4. The maximum atomic E-state index is 11.9. The van der Waals surface area contributed by atoms with Crippen LogP contribution in [0.5, 0.6) is 0 Å². The predicted octanol–water partition coefficient (Wildman–Crippen LogP) is -0.521. The van der Waals surface area contributed by atoms with Gasteiger partial charge in [0.2, 0.25) is 5.91 Å². The summed E-state index contributed by atoms with van der Waals surface area (Å²) in [4.78, 5) is 31.4. The molecule has 1 saturated heterocycles. The minimum absolute atomic E-state index is 0.0578. The number of aliphatic carboxylic acids is 1. The minimum Gasteiger partial charge on any atom is -0.477 e. The highest BCUT2D eigenvalue weighted by molar-refractivity contribution is 8.00. The number of hydrogen-bond acceptors (Lipinski definition) is 6. The monoisotopic (exact) mass is 314 g/mol. The van der Waals surface area contributed by atoms with Crippen molar-refractivity contribution in [2.75, 3.05) is 26.5 Å². The molecule has 0 aliphatic carbocycles. The Morgan fingerprint density at radius 2 is 2.29 bits per heavy atom. The maximum Gasteiger partial charge on any atom is 0.353 e. The molecule has 2 aliphatic rings. The average molecular weight is 314 g/mol. The van der Waals surface area contributed by atoms with Gasteiger partial charge in [-0.05, 0) is 6.92 Å². The number of oxime groups is 1. The highest BCUT2D eigenvalue weighted by atomic mass is 32.2. The number of fused-ring (bicyclic) bond motifs is 1. The highest BCUT2D eigenvalue weighted by Crippen LogP contribution is 2.39. The summed E-state index contributed by atoms with van der Waals surface area (Å²) in [6.45, 7) is 2.16. The summed E-state index contributed by atoms with van der Waals surface area (Å²) in [6.07, 6.45) is 0.